The van der Waals surface area contributed by atoms with Gasteiger partial charge in [-0.05, 0) is 48.9 Å². The molecule has 3 aromatic rings. The number of rotatable bonds is 5. The number of carbonyl (C=O) groups excluding carboxylic acids is 1. The summed E-state index contributed by atoms with van der Waals surface area (Å²) in [5.41, 5.74) is 5.75. The molecule has 1 amide bonds. The maximum Gasteiger partial charge on any atom is 0.274 e. The topological polar surface area (TPSA) is 94.5 Å². The second kappa shape index (κ2) is 7.67. The lowest BCUT2D eigenvalue weighted by atomic mass is 10.1. The van der Waals surface area contributed by atoms with Crippen molar-refractivity contribution in [1.29, 1.82) is 0 Å². The maximum atomic E-state index is 11.3. The number of nitrogens with zero attached hydrogens (tertiary/aromatic N) is 1. The second-order valence-corrected chi connectivity index (χ2v) is 6.01. The molecule has 4 N–H and O–H groups in total. The highest BCUT2D eigenvalue weighted by Gasteiger charge is 2.03. The van der Waals surface area contributed by atoms with Gasteiger partial charge in [-0.3, -0.25) is 15.0 Å². The van der Waals surface area contributed by atoms with Crippen LogP contribution in [0, 0.1) is 0 Å². The number of pyridine rings is 1. The molecule has 1 heterocycles. The van der Waals surface area contributed by atoms with E-state index >= 15 is 0 Å². The number of benzene rings is 2. The number of phenolic OH excluding ortho intramolecular Hbond substituents is 1. The third-order valence-corrected chi connectivity index (χ3v) is 3.92. The van der Waals surface area contributed by atoms with Crippen LogP contribution in [-0.4, -0.2) is 27.7 Å². The van der Waals surface area contributed by atoms with Crippen molar-refractivity contribution in [2.45, 2.75) is 6.92 Å². The lowest BCUT2D eigenvalue weighted by Crippen LogP contribution is -2.18. The SMILES string of the molecule is C/C(=C\c1ccc(C(=O)NO)cc1)CNc1cnc2ccc(O)cc2c1. The van der Waals surface area contributed by atoms with Gasteiger partial charge in [0.05, 0.1) is 17.4 Å². The molecule has 0 radical (unpaired) electrons. The summed E-state index contributed by atoms with van der Waals surface area (Å²) in [6, 6.07) is 13.9. The van der Waals surface area contributed by atoms with Crippen LogP contribution in [-0.2, 0) is 0 Å². The summed E-state index contributed by atoms with van der Waals surface area (Å²) < 4.78 is 0. The minimum Gasteiger partial charge on any atom is -0.508 e. The van der Waals surface area contributed by atoms with E-state index in [0.717, 1.165) is 27.7 Å². The standard InChI is InChI=1S/C20H19N3O3/c1-13(8-14-2-4-15(5-3-14)20(25)23-26)11-21-17-9-16-10-18(24)6-7-19(16)22-12-17/h2-10,12,21,24,26H,11H2,1H3,(H,23,25)/b13-8+. The molecule has 0 aliphatic rings. The molecule has 0 fully saturated rings. The predicted octanol–water partition coefficient (Wildman–Crippen LogP) is 3.57. The maximum absolute atomic E-state index is 11.3. The third kappa shape index (κ3) is 4.17. The van der Waals surface area contributed by atoms with Crippen molar-refractivity contribution in [3.8, 4) is 5.75 Å². The van der Waals surface area contributed by atoms with Gasteiger partial charge in [-0.2, -0.15) is 0 Å². The molecule has 0 spiro atoms. The Kier molecular flexibility index (Phi) is 5.15. The first-order valence-corrected chi connectivity index (χ1v) is 8.09. The highest BCUT2D eigenvalue weighted by atomic mass is 16.5. The van der Waals surface area contributed by atoms with Crippen molar-refractivity contribution < 1.29 is 15.1 Å². The van der Waals surface area contributed by atoms with E-state index in [1.54, 1.807) is 42.0 Å². The van der Waals surface area contributed by atoms with Crippen LogP contribution in [0.5, 0.6) is 5.75 Å². The fourth-order valence-corrected chi connectivity index (χ4v) is 2.59. The van der Waals surface area contributed by atoms with E-state index in [1.807, 2.05) is 31.2 Å². The molecular formula is C20H19N3O3. The number of nitrogens with one attached hydrogen (secondary N) is 2. The second-order valence-electron chi connectivity index (χ2n) is 6.01. The first kappa shape index (κ1) is 17.4. The highest BCUT2D eigenvalue weighted by molar-refractivity contribution is 5.93. The van der Waals surface area contributed by atoms with Crippen LogP contribution in [0.4, 0.5) is 5.69 Å². The Morgan fingerprint density at radius 1 is 1.15 bits per heavy atom. The molecule has 0 unspecified atom stereocenters. The lowest BCUT2D eigenvalue weighted by molar-refractivity contribution is 0.0706. The molecule has 0 saturated carbocycles. The molecule has 3 rings (SSSR count). The highest BCUT2D eigenvalue weighted by Crippen LogP contribution is 2.21. The summed E-state index contributed by atoms with van der Waals surface area (Å²) in [5, 5.41) is 22.4. The number of fused-ring (bicyclic) bond motifs is 1. The Bertz CT molecular complexity index is 966. The van der Waals surface area contributed by atoms with Gasteiger partial charge in [0.1, 0.15) is 5.75 Å². The summed E-state index contributed by atoms with van der Waals surface area (Å²) in [5.74, 6) is -0.320. The fraction of sp³-hybridized carbons (Fsp3) is 0.100. The Morgan fingerprint density at radius 3 is 2.65 bits per heavy atom. The molecular weight excluding hydrogens is 330 g/mol. The van der Waals surface area contributed by atoms with E-state index in [0.29, 0.717) is 12.1 Å². The molecule has 0 aliphatic carbocycles. The molecule has 0 saturated heterocycles. The largest absolute Gasteiger partial charge is 0.508 e. The van der Waals surface area contributed by atoms with Gasteiger partial charge in [0.15, 0.2) is 0 Å². The van der Waals surface area contributed by atoms with E-state index in [2.05, 4.69) is 10.3 Å². The quantitative estimate of drug-likeness (QED) is 0.417. The minimum atomic E-state index is -0.534. The number of phenols is 1. The molecule has 0 aliphatic heterocycles. The Labute approximate surface area is 150 Å². The molecule has 2 aromatic carbocycles. The van der Waals surface area contributed by atoms with Gasteiger partial charge >= 0.3 is 0 Å². The van der Waals surface area contributed by atoms with Crippen molar-refractivity contribution in [2.24, 2.45) is 0 Å². The Morgan fingerprint density at radius 2 is 1.92 bits per heavy atom. The molecule has 0 atom stereocenters. The van der Waals surface area contributed by atoms with Crippen molar-refractivity contribution in [2.75, 3.05) is 11.9 Å². The average molecular weight is 349 g/mol. The van der Waals surface area contributed by atoms with Crippen LogP contribution in [0.1, 0.15) is 22.8 Å². The van der Waals surface area contributed by atoms with Gasteiger partial charge in [-0.1, -0.05) is 23.8 Å². The van der Waals surface area contributed by atoms with Crippen molar-refractivity contribution in [3.05, 3.63) is 71.4 Å². The van der Waals surface area contributed by atoms with Crippen molar-refractivity contribution in [1.82, 2.24) is 10.5 Å². The van der Waals surface area contributed by atoms with Crippen LogP contribution in [0.15, 0.2) is 60.3 Å². The summed E-state index contributed by atoms with van der Waals surface area (Å²) in [7, 11) is 0. The van der Waals surface area contributed by atoms with Crippen molar-refractivity contribution in [3.63, 3.8) is 0 Å². The lowest BCUT2D eigenvalue weighted by Gasteiger charge is -2.08. The zero-order chi connectivity index (χ0) is 18.5. The normalized spacial score (nSPS) is 11.4. The number of carbonyl (C=O) groups is 1. The number of aromatic hydroxyl groups is 1. The molecule has 6 heteroatoms. The van der Waals surface area contributed by atoms with Gasteiger partial charge < -0.3 is 10.4 Å². The van der Waals surface area contributed by atoms with E-state index in [9.17, 15) is 9.90 Å². The zero-order valence-corrected chi connectivity index (χ0v) is 14.2. The van der Waals surface area contributed by atoms with Crippen molar-refractivity contribution >= 4 is 28.6 Å². The predicted molar refractivity (Wildman–Crippen MR) is 101 cm³/mol. The summed E-state index contributed by atoms with van der Waals surface area (Å²) in [6.07, 6.45) is 3.77. The smallest absolute Gasteiger partial charge is 0.274 e. The van der Waals surface area contributed by atoms with Crippen LogP contribution >= 0.6 is 0 Å². The number of anilines is 1. The minimum absolute atomic E-state index is 0.214. The van der Waals surface area contributed by atoms with Crippen LogP contribution in [0.3, 0.4) is 0 Å². The molecule has 6 nitrogen and oxygen atoms in total. The first-order chi connectivity index (χ1) is 12.5. The fourth-order valence-electron chi connectivity index (χ4n) is 2.59. The average Bonchev–Trinajstić information content (AvgIpc) is 2.66. The molecule has 1 aromatic heterocycles. The first-order valence-electron chi connectivity index (χ1n) is 8.09. The zero-order valence-electron chi connectivity index (χ0n) is 14.2. The summed E-state index contributed by atoms with van der Waals surface area (Å²) >= 11 is 0. The van der Waals surface area contributed by atoms with Crippen LogP contribution in [0.25, 0.3) is 17.0 Å². The van der Waals surface area contributed by atoms with Gasteiger partial charge in [-0.25, -0.2) is 5.48 Å². The Balaban J connectivity index is 1.67. The summed E-state index contributed by atoms with van der Waals surface area (Å²) in [6.45, 7) is 2.63. The third-order valence-electron chi connectivity index (χ3n) is 3.92. The molecule has 0 bridgehead atoms. The van der Waals surface area contributed by atoms with E-state index in [-0.39, 0.29) is 5.75 Å². The number of amides is 1. The number of aromatic nitrogens is 1. The van der Waals surface area contributed by atoms with Crippen LogP contribution < -0.4 is 10.8 Å². The van der Waals surface area contributed by atoms with Gasteiger partial charge in [0.25, 0.3) is 5.91 Å². The number of hydrogen-bond donors (Lipinski definition) is 4. The number of hydrogen-bond acceptors (Lipinski definition) is 5. The van der Waals surface area contributed by atoms with Crippen LogP contribution in [0.2, 0.25) is 0 Å². The number of hydroxylamine groups is 1. The summed E-state index contributed by atoms with van der Waals surface area (Å²) in [4.78, 5) is 15.7. The van der Waals surface area contributed by atoms with Gasteiger partial charge in [-0.15, -0.1) is 0 Å². The van der Waals surface area contributed by atoms with Gasteiger partial charge in [0.2, 0.25) is 0 Å². The van der Waals surface area contributed by atoms with E-state index in [4.69, 9.17) is 5.21 Å². The molecule has 26 heavy (non-hydrogen) atoms. The Hall–Kier alpha value is -3.38. The molecule has 132 valence electrons. The monoisotopic (exact) mass is 349 g/mol. The van der Waals surface area contributed by atoms with Gasteiger partial charge in [0, 0.05) is 17.5 Å². The van der Waals surface area contributed by atoms with E-state index < -0.39 is 5.91 Å². The van der Waals surface area contributed by atoms with E-state index in [1.165, 1.54) is 0 Å².